The number of ketones is 1. The van der Waals surface area contributed by atoms with E-state index in [0.29, 0.717) is 26.7 Å². The molecule has 0 unspecified atom stereocenters. The number of rotatable bonds is 7. The van der Waals surface area contributed by atoms with Crippen LogP contribution in [0.2, 0.25) is 15.1 Å². The summed E-state index contributed by atoms with van der Waals surface area (Å²) in [4.78, 5) is 29.0. The van der Waals surface area contributed by atoms with Crippen LogP contribution in [0.1, 0.15) is 21.5 Å². The van der Waals surface area contributed by atoms with E-state index in [1.165, 1.54) is 19.3 Å². The number of halogens is 3. The minimum atomic E-state index is -0.648. The molecule has 0 amide bonds. The van der Waals surface area contributed by atoms with E-state index in [2.05, 4.69) is 4.99 Å². The fraction of sp³-hybridized carbons (Fsp3) is 0.0800. The molecule has 172 valence electrons. The van der Waals surface area contributed by atoms with Crippen LogP contribution in [0, 0.1) is 0 Å². The van der Waals surface area contributed by atoms with Crippen molar-refractivity contribution in [3.8, 4) is 11.5 Å². The molecular weight excluding hydrogens is 501 g/mol. The predicted octanol–water partition coefficient (Wildman–Crippen LogP) is 6.26. The van der Waals surface area contributed by atoms with Crippen molar-refractivity contribution in [3.63, 3.8) is 0 Å². The summed E-state index contributed by atoms with van der Waals surface area (Å²) in [6.07, 6.45) is 1.49. The van der Waals surface area contributed by atoms with Crippen LogP contribution in [0.15, 0.2) is 71.4 Å². The van der Waals surface area contributed by atoms with Crippen LogP contribution >= 0.6 is 34.8 Å². The molecular formula is C25H16Cl3NO5. The first-order chi connectivity index (χ1) is 16.4. The number of aliphatic imine (C=N–C) groups is 1. The number of nitrogens with zero attached hydrogens (tertiary/aromatic N) is 1. The number of benzene rings is 3. The summed E-state index contributed by atoms with van der Waals surface area (Å²) in [5.74, 6) is -0.292. The second-order valence-corrected chi connectivity index (χ2v) is 8.32. The van der Waals surface area contributed by atoms with Gasteiger partial charge in [-0.05, 0) is 42.0 Å². The Labute approximate surface area is 210 Å². The van der Waals surface area contributed by atoms with Crippen LogP contribution < -0.4 is 9.47 Å². The molecule has 1 aliphatic heterocycles. The van der Waals surface area contributed by atoms with Gasteiger partial charge < -0.3 is 14.2 Å². The number of hydrogen-bond donors (Lipinski definition) is 0. The molecule has 3 aromatic carbocycles. The van der Waals surface area contributed by atoms with Gasteiger partial charge in [-0.2, -0.15) is 0 Å². The van der Waals surface area contributed by atoms with Gasteiger partial charge in [0.15, 0.2) is 29.6 Å². The minimum Gasteiger partial charge on any atom is -0.493 e. The van der Waals surface area contributed by atoms with Crippen LogP contribution in [0.4, 0.5) is 0 Å². The number of esters is 1. The summed E-state index contributed by atoms with van der Waals surface area (Å²) in [5.41, 5.74) is 1.52. The highest BCUT2D eigenvalue weighted by atomic mass is 35.5. The van der Waals surface area contributed by atoms with Crippen molar-refractivity contribution >= 4 is 58.5 Å². The summed E-state index contributed by atoms with van der Waals surface area (Å²) >= 11 is 18.5. The Hall–Kier alpha value is -3.32. The molecule has 3 aromatic rings. The van der Waals surface area contributed by atoms with Gasteiger partial charge >= 0.3 is 5.97 Å². The average Bonchev–Trinajstić information content (AvgIpc) is 3.18. The molecule has 0 saturated carbocycles. The van der Waals surface area contributed by atoms with Crippen LogP contribution in [-0.2, 0) is 9.53 Å². The first-order valence-corrected chi connectivity index (χ1v) is 11.1. The van der Waals surface area contributed by atoms with Crippen molar-refractivity contribution in [2.45, 2.75) is 0 Å². The summed E-state index contributed by atoms with van der Waals surface area (Å²) in [7, 11) is 1.44. The molecule has 0 bridgehead atoms. The smallest absolute Gasteiger partial charge is 0.363 e. The van der Waals surface area contributed by atoms with E-state index in [0.717, 1.165) is 0 Å². The number of Topliss-reactive ketones (excluding diaryl/α,β-unsaturated/α-hetero) is 1. The van der Waals surface area contributed by atoms with Crippen molar-refractivity contribution < 1.29 is 23.8 Å². The molecule has 0 aliphatic carbocycles. The number of carbonyl (C=O) groups excluding carboxylic acids is 2. The second kappa shape index (κ2) is 10.3. The third-order valence-electron chi connectivity index (χ3n) is 4.78. The fourth-order valence-electron chi connectivity index (χ4n) is 3.15. The van der Waals surface area contributed by atoms with Gasteiger partial charge in [-0.1, -0.05) is 65.1 Å². The van der Waals surface area contributed by atoms with E-state index in [1.54, 1.807) is 48.5 Å². The van der Waals surface area contributed by atoms with Gasteiger partial charge in [0.25, 0.3) is 0 Å². The minimum absolute atomic E-state index is 0.0482. The normalized spacial score (nSPS) is 14.1. The van der Waals surface area contributed by atoms with Crippen molar-refractivity contribution in [2.24, 2.45) is 4.99 Å². The molecule has 0 fully saturated rings. The van der Waals surface area contributed by atoms with Crippen LogP contribution in [0.25, 0.3) is 6.08 Å². The Bertz CT molecular complexity index is 1340. The number of methoxy groups -OCH3 is 1. The Balaban J connectivity index is 1.58. The van der Waals surface area contributed by atoms with Crippen molar-refractivity contribution in [3.05, 3.63) is 98.1 Å². The highest BCUT2D eigenvalue weighted by Crippen LogP contribution is 2.37. The number of ether oxygens (including phenoxy) is 3. The first kappa shape index (κ1) is 23.8. The van der Waals surface area contributed by atoms with Crippen LogP contribution in [-0.4, -0.2) is 31.4 Å². The van der Waals surface area contributed by atoms with Crippen molar-refractivity contribution in [2.75, 3.05) is 13.7 Å². The molecule has 6 nitrogen and oxygen atoms in total. The zero-order valence-corrected chi connectivity index (χ0v) is 19.9. The maximum absolute atomic E-state index is 12.4. The van der Waals surface area contributed by atoms with E-state index < -0.39 is 5.97 Å². The average molecular weight is 517 g/mol. The Morgan fingerprint density at radius 1 is 1.03 bits per heavy atom. The molecule has 0 atom stereocenters. The zero-order valence-electron chi connectivity index (χ0n) is 17.7. The van der Waals surface area contributed by atoms with Crippen molar-refractivity contribution in [1.82, 2.24) is 0 Å². The first-order valence-electron chi connectivity index (χ1n) is 9.92. The highest BCUT2D eigenvalue weighted by molar-refractivity contribution is 6.37. The van der Waals surface area contributed by atoms with Crippen LogP contribution in [0.3, 0.4) is 0 Å². The maximum Gasteiger partial charge on any atom is 0.363 e. The Morgan fingerprint density at radius 2 is 1.79 bits per heavy atom. The van der Waals surface area contributed by atoms with E-state index in [4.69, 9.17) is 49.0 Å². The lowest BCUT2D eigenvalue weighted by Crippen LogP contribution is -2.12. The summed E-state index contributed by atoms with van der Waals surface area (Å²) in [6, 6.07) is 16.7. The van der Waals surface area contributed by atoms with E-state index >= 15 is 0 Å². The molecule has 0 saturated heterocycles. The molecule has 1 aliphatic rings. The predicted molar refractivity (Wildman–Crippen MR) is 131 cm³/mol. The number of hydrogen-bond acceptors (Lipinski definition) is 6. The summed E-state index contributed by atoms with van der Waals surface area (Å²) < 4.78 is 16.3. The summed E-state index contributed by atoms with van der Waals surface area (Å²) in [6.45, 7) is -0.220. The lowest BCUT2D eigenvalue weighted by Gasteiger charge is -2.13. The van der Waals surface area contributed by atoms with Crippen molar-refractivity contribution in [1.29, 1.82) is 0 Å². The summed E-state index contributed by atoms with van der Waals surface area (Å²) in [5, 5.41) is 0.948. The monoisotopic (exact) mass is 515 g/mol. The molecule has 0 aromatic heterocycles. The second-order valence-electron chi connectivity index (χ2n) is 7.07. The van der Waals surface area contributed by atoms with Gasteiger partial charge in [-0.25, -0.2) is 9.79 Å². The fourth-order valence-corrected chi connectivity index (χ4v) is 3.92. The molecule has 0 spiro atoms. The number of carbonyl (C=O) groups is 2. The molecule has 34 heavy (non-hydrogen) atoms. The zero-order chi connectivity index (χ0) is 24.2. The van der Waals surface area contributed by atoms with Gasteiger partial charge in [0.2, 0.25) is 5.90 Å². The quantitative estimate of drug-likeness (QED) is 0.210. The molecule has 0 N–H and O–H groups in total. The third kappa shape index (κ3) is 5.25. The van der Waals surface area contributed by atoms with Gasteiger partial charge in [-0.3, -0.25) is 4.79 Å². The molecule has 4 rings (SSSR count). The molecule has 0 radical (unpaired) electrons. The van der Waals surface area contributed by atoms with Crippen LogP contribution in [0.5, 0.6) is 11.5 Å². The lowest BCUT2D eigenvalue weighted by atomic mass is 10.1. The molecule has 9 heteroatoms. The highest BCUT2D eigenvalue weighted by Gasteiger charge is 2.26. The maximum atomic E-state index is 12.4. The van der Waals surface area contributed by atoms with Gasteiger partial charge in [0, 0.05) is 10.6 Å². The Morgan fingerprint density at radius 3 is 2.50 bits per heavy atom. The van der Waals surface area contributed by atoms with E-state index in [1.807, 2.05) is 6.07 Å². The molecule has 1 heterocycles. The lowest BCUT2D eigenvalue weighted by molar-refractivity contribution is -0.129. The van der Waals surface area contributed by atoms with Gasteiger partial charge in [0.1, 0.15) is 0 Å². The standard InChI is InChI=1S/C25H16Cl3NO5/c1-32-22-11-14(9-19(28)23(22)33-13-21(30)15-5-3-2-4-6-15)10-20-25(31)34-24(29-20)17-8-7-16(26)12-18(17)27/h2-12H,13H2,1H3/b20-10-. The largest absolute Gasteiger partial charge is 0.493 e. The van der Waals surface area contributed by atoms with E-state index in [-0.39, 0.29) is 40.5 Å². The Kier molecular flexibility index (Phi) is 7.22. The van der Waals surface area contributed by atoms with Gasteiger partial charge in [0.05, 0.1) is 22.7 Å². The third-order valence-corrected chi connectivity index (χ3v) is 5.61. The SMILES string of the molecule is COc1cc(/C=C2\N=C(c3ccc(Cl)cc3Cl)OC2=O)cc(Cl)c1OCC(=O)c1ccccc1. The topological polar surface area (TPSA) is 74.2 Å². The van der Waals surface area contributed by atoms with Gasteiger partial charge in [-0.15, -0.1) is 0 Å². The van der Waals surface area contributed by atoms with E-state index in [9.17, 15) is 9.59 Å². The number of cyclic esters (lactones) is 1.